The second-order valence-electron chi connectivity index (χ2n) is 5.91. The maximum absolute atomic E-state index is 11.6. The van der Waals surface area contributed by atoms with Crippen LogP contribution >= 0.6 is 11.8 Å². The molecule has 1 N–H and O–H groups in total. The van der Waals surface area contributed by atoms with Gasteiger partial charge in [0.2, 0.25) is 5.16 Å². The number of aryl methyl sites for hydroxylation is 1. The summed E-state index contributed by atoms with van der Waals surface area (Å²) in [6.07, 6.45) is 2.13. The monoisotopic (exact) mass is 405 g/mol. The Morgan fingerprint density at radius 2 is 2.03 bits per heavy atom. The first-order valence-electron chi connectivity index (χ1n) is 8.82. The lowest BCUT2D eigenvalue weighted by molar-refractivity contribution is -0.297. The van der Waals surface area contributed by atoms with E-state index in [9.17, 15) is 15.2 Å². The smallest absolute Gasteiger partial charge is 0.213 e. The van der Waals surface area contributed by atoms with Gasteiger partial charge >= 0.3 is 0 Å². The van der Waals surface area contributed by atoms with E-state index in [4.69, 9.17) is 4.74 Å². The topological polar surface area (TPSA) is 115 Å². The number of benzene rings is 2. The van der Waals surface area contributed by atoms with Crippen molar-refractivity contribution in [1.82, 2.24) is 15.2 Å². The van der Waals surface area contributed by atoms with Gasteiger partial charge in [0.1, 0.15) is 18.2 Å². The standard InChI is InChI=1S/C21H18N4O3S/c1-2-19-23-21(25-24-19)29-18(20(26)27)11-14-7-5-6-10-17(14)28-13-16-9-4-3-8-15(16)12-22/h3-11H,2,13H2,1H3,(H,26,27)(H,23,24,25)/p-1/b18-11-. The largest absolute Gasteiger partial charge is 0.544 e. The molecule has 0 bridgehead atoms. The highest BCUT2D eigenvalue weighted by atomic mass is 32.2. The van der Waals surface area contributed by atoms with Crippen LogP contribution in [0.25, 0.3) is 6.08 Å². The summed E-state index contributed by atoms with van der Waals surface area (Å²) in [6.45, 7) is 2.10. The zero-order chi connectivity index (χ0) is 20.6. The number of nitrogens with one attached hydrogen (secondary N) is 1. The first kappa shape index (κ1) is 20.2. The molecule has 0 aliphatic heterocycles. The predicted molar refractivity (Wildman–Crippen MR) is 107 cm³/mol. The summed E-state index contributed by atoms with van der Waals surface area (Å²) in [4.78, 5) is 15.8. The SMILES string of the molecule is CCc1nc(S/C(=C\c2ccccc2OCc2ccccc2C#N)C(=O)[O-])n[nH]1. The van der Waals surface area contributed by atoms with Gasteiger partial charge < -0.3 is 14.6 Å². The lowest BCUT2D eigenvalue weighted by Gasteiger charge is -2.12. The Morgan fingerprint density at radius 1 is 1.28 bits per heavy atom. The molecule has 0 saturated carbocycles. The van der Waals surface area contributed by atoms with Gasteiger partial charge in [-0.15, -0.1) is 5.10 Å². The van der Waals surface area contributed by atoms with E-state index in [1.807, 2.05) is 19.1 Å². The first-order valence-corrected chi connectivity index (χ1v) is 9.64. The summed E-state index contributed by atoms with van der Waals surface area (Å²) in [5.74, 6) is -0.170. The molecule has 3 rings (SSSR count). The Kier molecular flexibility index (Phi) is 6.66. The molecule has 8 heteroatoms. The van der Waals surface area contributed by atoms with Crippen LogP contribution in [0.3, 0.4) is 0 Å². The molecule has 7 nitrogen and oxygen atoms in total. The number of H-pyrrole nitrogens is 1. The van der Waals surface area contributed by atoms with Crippen molar-refractivity contribution in [3.8, 4) is 11.8 Å². The number of hydrogen-bond acceptors (Lipinski definition) is 7. The molecule has 0 saturated heterocycles. The number of ether oxygens (including phenoxy) is 1. The van der Waals surface area contributed by atoms with E-state index in [2.05, 4.69) is 21.3 Å². The lowest BCUT2D eigenvalue weighted by Crippen LogP contribution is -2.23. The minimum absolute atomic E-state index is 0.0415. The highest BCUT2D eigenvalue weighted by molar-refractivity contribution is 8.04. The quantitative estimate of drug-likeness (QED) is 0.452. The summed E-state index contributed by atoms with van der Waals surface area (Å²) >= 11 is 0.904. The van der Waals surface area contributed by atoms with Crippen LogP contribution in [0.4, 0.5) is 0 Å². The molecule has 1 aromatic heterocycles. The Balaban J connectivity index is 1.83. The van der Waals surface area contributed by atoms with Gasteiger partial charge in [-0.05, 0) is 30.0 Å². The molecule has 0 aliphatic rings. The normalized spacial score (nSPS) is 11.1. The van der Waals surface area contributed by atoms with Gasteiger partial charge in [-0.1, -0.05) is 43.3 Å². The molecule has 0 unspecified atom stereocenters. The second kappa shape index (κ2) is 9.57. The van der Waals surface area contributed by atoms with Gasteiger partial charge in [-0.3, -0.25) is 5.10 Å². The second-order valence-corrected chi connectivity index (χ2v) is 6.92. The van der Waals surface area contributed by atoms with Crippen LogP contribution < -0.4 is 9.84 Å². The number of thioether (sulfide) groups is 1. The number of carboxylic acids is 1. The summed E-state index contributed by atoms with van der Waals surface area (Å²) in [5.41, 5.74) is 1.85. The number of carbonyl (C=O) groups excluding carboxylic acids is 1. The molecule has 3 aromatic rings. The van der Waals surface area contributed by atoms with Crippen molar-refractivity contribution in [2.24, 2.45) is 0 Å². The van der Waals surface area contributed by atoms with Crippen molar-refractivity contribution >= 4 is 23.8 Å². The molecule has 146 valence electrons. The Bertz CT molecular complexity index is 1090. The van der Waals surface area contributed by atoms with Crippen molar-refractivity contribution in [1.29, 1.82) is 5.26 Å². The van der Waals surface area contributed by atoms with Gasteiger partial charge in [0.25, 0.3) is 0 Å². The number of aromatic nitrogens is 3. The summed E-state index contributed by atoms with van der Waals surface area (Å²) in [5, 5.41) is 27.9. The molecule has 0 spiro atoms. The fourth-order valence-corrected chi connectivity index (χ4v) is 3.21. The molecule has 0 fully saturated rings. The van der Waals surface area contributed by atoms with Crippen LogP contribution in [0.1, 0.15) is 29.4 Å². The van der Waals surface area contributed by atoms with Crippen LogP contribution in [-0.2, 0) is 17.8 Å². The van der Waals surface area contributed by atoms with Crippen molar-refractivity contribution in [2.75, 3.05) is 0 Å². The van der Waals surface area contributed by atoms with E-state index in [1.165, 1.54) is 6.08 Å². The number of para-hydroxylation sites is 1. The number of nitriles is 1. The molecule has 0 atom stereocenters. The van der Waals surface area contributed by atoms with Crippen LogP contribution in [0.2, 0.25) is 0 Å². The molecule has 0 radical (unpaired) electrons. The highest BCUT2D eigenvalue weighted by Crippen LogP contribution is 2.29. The van der Waals surface area contributed by atoms with Gasteiger partial charge in [-0.25, -0.2) is 4.98 Å². The first-order chi connectivity index (χ1) is 14.1. The number of carbonyl (C=O) groups is 1. The Labute approximate surface area is 172 Å². The van der Waals surface area contributed by atoms with E-state index >= 15 is 0 Å². The van der Waals surface area contributed by atoms with E-state index in [0.717, 1.165) is 17.3 Å². The third kappa shape index (κ3) is 5.24. The number of nitrogens with zero attached hydrogens (tertiary/aromatic N) is 3. The van der Waals surface area contributed by atoms with Crippen LogP contribution in [-0.4, -0.2) is 21.2 Å². The van der Waals surface area contributed by atoms with Gasteiger partial charge in [0.15, 0.2) is 0 Å². The molecule has 1 heterocycles. The fraction of sp³-hybridized carbons (Fsp3) is 0.143. The maximum Gasteiger partial charge on any atom is 0.213 e. The van der Waals surface area contributed by atoms with Crippen molar-refractivity contribution in [3.05, 3.63) is 76.0 Å². The zero-order valence-corrected chi connectivity index (χ0v) is 16.4. The average molecular weight is 405 g/mol. The summed E-state index contributed by atoms with van der Waals surface area (Å²) in [7, 11) is 0. The number of carboxylic acid groups (broad SMARTS) is 1. The minimum atomic E-state index is -1.33. The Morgan fingerprint density at radius 3 is 2.76 bits per heavy atom. The van der Waals surface area contributed by atoms with Crippen LogP contribution in [0, 0.1) is 11.3 Å². The van der Waals surface area contributed by atoms with Gasteiger partial charge in [0.05, 0.1) is 17.6 Å². The molecule has 2 aromatic carbocycles. The van der Waals surface area contributed by atoms with E-state index in [0.29, 0.717) is 34.3 Å². The van der Waals surface area contributed by atoms with Crippen molar-refractivity contribution in [2.45, 2.75) is 25.1 Å². The third-order valence-corrected chi connectivity index (χ3v) is 4.84. The molecule has 0 aliphatic carbocycles. The molecular formula is C21H17N4O3S-. The number of hydrogen-bond donors (Lipinski definition) is 1. The van der Waals surface area contributed by atoms with E-state index < -0.39 is 5.97 Å². The summed E-state index contributed by atoms with van der Waals surface area (Å²) in [6, 6.07) is 16.3. The third-order valence-electron chi connectivity index (χ3n) is 3.98. The molecule has 29 heavy (non-hydrogen) atoms. The van der Waals surface area contributed by atoms with Crippen LogP contribution in [0.15, 0.2) is 58.6 Å². The minimum Gasteiger partial charge on any atom is -0.544 e. The number of aromatic amines is 1. The number of rotatable bonds is 8. The summed E-state index contributed by atoms with van der Waals surface area (Å²) < 4.78 is 5.86. The van der Waals surface area contributed by atoms with E-state index in [1.54, 1.807) is 36.4 Å². The Hall–Kier alpha value is -3.57. The van der Waals surface area contributed by atoms with Gasteiger partial charge in [0, 0.05) is 22.5 Å². The zero-order valence-electron chi connectivity index (χ0n) is 15.6. The van der Waals surface area contributed by atoms with Crippen molar-refractivity contribution < 1.29 is 14.6 Å². The van der Waals surface area contributed by atoms with Gasteiger partial charge in [-0.2, -0.15) is 5.26 Å². The highest BCUT2D eigenvalue weighted by Gasteiger charge is 2.10. The maximum atomic E-state index is 11.6. The average Bonchev–Trinajstić information content (AvgIpc) is 3.20. The fourth-order valence-electron chi connectivity index (χ4n) is 2.49. The lowest BCUT2D eigenvalue weighted by atomic mass is 10.1. The predicted octanol–water partition coefficient (Wildman–Crippen LogP) is 2.70. The van der Waals surface area contributed by atoms with Crippen molar-refractivity contribution in [3.63, 3.8) is 0 Å². The number of aliphatic carboxylic acids is 1. The van der Waals surface area contributed by atoms with Crippen LogP contribution in [0.5, 0.6) is 5.75 Å². The van der Waals surface area contributed by atoms with E-state index in [-0.39, 0.29) is 11.5 Å². The molecular weight excluding hydrogens is 388 g/mol. The molecule has 0 amide bonds.